The van der Waals surface area contributed by atoms with Crippen LogP contribution in [0.15, 0.2) is 12.1 Å². The third-order valence-electron chi connectivity index (χ3n) is 3.07. The van der Waals surface area contributed by atoms with Crippen LogP contribution < -0.4 is 20.5 Å². The highest BCUT2D eigenvalue weighted by molar-refractivity contribution is 6.32. The Morgan fingerprint density at radius 2 is 2.27 bits per heavy atom. The largest absolute Gasteiger partial charge is 0.493 e. The van der Waals surface area contributed by atoms with E-state index in [9.17, 15) is 4.79 Å². The number of nitriles is 1. The van der Waals surface area contributed by atoms with E-state index in [0.29, 0.717) is 23.7 Å². The molecule has 0 radical (unpaired) electrons. The highest BCUT2D eigenvalue weighted by Crippen LogP contribution is 2.36. The summed E-state index contributed by atoms with van der Waals surface area (Å²) < 4.78 is 10.5. The SMILES string of the molecule is CCC(CC#N)NCc1cc(Cl)c(OCC(N)=O)c(OC)c1. The molecule has 1 atom stereocenters. The zero-order chi connectivity index (χ0) is 16.5. The molecule has 0 bridgehead atoms. The number of ether oxygens (including phenoxy) is 2. The highest BCUT2D eigenvalue weighted by Gasteiger charge is 2.14. The number of nitrogens with one attached hydrogen (secondary N) is 1. The number of hydrogen-bond donors (Lipinski definition) is 2. The van der Waals surface area contributed by atoms with Crippen molar-refractivity contribution in [3.63, 3.8) is 0 Å². The average Bonchev–Trinajstić information content (AvgIpc) is 2.49. The fraction of sp³-hybridized carbons (Fsp3) is 0.467. The normalized spacial score (nSPS) is 11.5. The van der Waals surface area contributed by atoms with Crippen molar-refractivity contribution < 1.29 is 14.3 Å². The molecule has 1 amide bonds. The van der Waals surface area contributed by atoms with Crippen molar-refractivity contribution >= 4 is 17.5 Å². The predicted octanol–water partition coefficient (Wildman–Crippen LogP) is 1.99. The summed E-state index contributed by atoms with van der Waals surface area (Å²) in [6.07, 6.45) is 1.30. The second-order valence-corrected chi connectivity index (χ2v) is 5.12. The lowest BCUT2D eigenvalue weighted by Crippen LogP contribution is -2.27. The van der Waals surface area contributed by atoms with Crippen LogP contribution in [0.1, 0.15) is 25.3 Å². The summed E-state index contributed by atoms with van der Waals surface area (Å²) >= 11 is 6.17. The number of amides is 1. The van der Waals surface area contributed by atoms with E-state index in [1.807, 2.05) is 6.92 Å². The van der Waals surface area contributed by atoms with E-state index in [1.54, 1.807) is 12.1 Å². The maximum Gasteiger partial charge on any atom is 0.255 e. The number of hydrogen-bond acceptors (Lipinski definition) is 5. The van der Waals surface area contributed by atoms with Gasteiger partial charge in [0.05, 0.1) is 24.6 Å². The van der Waals surface area contributed by atoms with Crippen LogP contribution in [-0.2, 0) is 11.3 Å². The molecular formula is C15H20ClN3O3. The van der Waals surface area contributed by atoms with Gasteiger partial charge in [0, 0.05) is 12.6 Å². The van der Waals surface area contributed by atoms with Crippen LogP contribution in [0.3, 0.4) is 0 Å². The molecule has 1 unspecified atom stereocenters. The molecule has 3 N–H and O–H groups in total. The van der Waals surface area contributed by atoms with Crippen molar-refractivity contribution in [1.82, 2.24) is 5.32 Å². The fourth-order valence-corrected chi connectivity index (χ4v) is 2.18. The summed E-state index contributed by atoms with van der Waals surface area (Å²) in [5.41, 5.74) is 5.95. The topological polar surface area (TPSA) is 97.4 Å². The van der Waals surface area contributed by atoms with Gasteiger partial charge in [-0.05, 0) is 24.1 Å². The number of carbonyl (C=O) groups is 1. The minimum Gasteiger partial charge on any atom is -0.493 e. The Bertz CT molecular complexity index is 558. The van der Waals surface area contributed by atoms with E-state index in [2.05, 4.69) is 11.4 Å². The van der Waals surface area contributed by atoms with Crippen LogP contribution in [-0.4, -0.2) is 25.7 Å². The van der Waals surface area contributed by atoms with E-state index in [1.165, 1.54) is 7.11 Å². The Hall–Kier alpha value is -1.97. The third kappa shape index (κ3) is 5.43. The summed E-state index contributed by atoms with van der Waals surface area (Å²) in [6.45, 7) is 2.30. The van der Waals surface area contributed by atoms with Crippen LogP contribution in [0.5, 0.6) is 11.5 Å². The van der Waals surface area contributed by atoms with E-state index in [-0.39, 0.29) is 18.4 Å². The van der Waals surface area contributed by atoms with Gasteiger partial charge in [0.25, 0.3) is 5.91 Å². The van der Waals surface area contributed by atoms with Crippen molar-refractivity contribution in [3.8, 4) is 17.6 Å². The first-order valence-corrected chi connectivity index (χ1v) is 7.27. The molecule has 120 valence electrons. The molecule has 1 aromatic carbocycles. The molecule has 0 aliphatic carbocycles. The molecule has 0 fully saturated rings. The number of nitrogens with two attached hydrogens (primary N) is 1. The second kappa shape index (κ2) is 9.13. The van der Waals surface area contributed by atoms with Gasteiger partial charge in [-0.1, -0.05) is 18.5 Å². The Labute approximate surface area is 135 Å². The summed E-state index contributed by atoms with van der Waals surface area (Å²) in [5, 5.41) is 12.4. The van der Waals surface area contributed by atoms with Gasteiger partial charge >= 0.3 is 0 Å². The van der Waals surface area contributed by atoms with Crippen molar-refractivity contribution in [1.29, 1.82) is 5.26 Å². The zero-order valence-corrected chi connectivity index (χ0v) is 13.4. The van der Waals surface area contributed by atoms with Crippen molar-refractivity contribution in [2.24, 2.45) is 5.73 Å². The molecule has 6 nitrogen and oxygen atoms in total. The van der Waals surface area contributed by atoms with E-state index in [0.717, 1.165) is 12.0 Å². The van der Waals surface area contributed by atoms with Crippen LogP contribution in [0.25, 0.3) is 0 Å². The van der Waals surface area contributed by atoms with Gasteiger partial charge in [-0.15, -0.1) is 0 Å². The van der Waals surface area contributed by atoms with Gasteiger partial charge in [-0.3, -0.25) is 4.79 Å². The number of rotatable bonds is 9. The summed E-state index contributed by atoms with van der Waals surface area (Å²) in [7, 11) is 1.49. The predicted molar refractivity (Wildman–Crippen MR) is 83.8 cm³/mol. The smallest absolute Gasteiger partial charge is 0.255 e. The summed E-state index contributed by atoms with van der Waals surface area (Å²) in [5.74, 6) is 0.126. The van der Waals surface area contributed by atoms with Crippen LogP contribution in [0.2, 0.25) is 5.02 Å². The molecule has 22 heavy (non-hydrogen) atoms. The minimum atomic E-state index is -0.592. The molecule has 0 spiro atoms. The molecule has 0 saturated carbocycles. The number of nitrogens with zero attached hydrogens (tertiary/aromatic N) is 1. The maximum atomic E-state index is 10.8. The van der Waals surface area contributed by atoms with Gasteiger partial charge in [0.1, 0.15) is 0 Å². The molecule has 0 saturated heterocycles. The van der Waals surface area contributed by atoms with Gasteiger partial charge in [-0.2, -0.15) is 5.26 Å². The van der Waals surface area contributed by atoms with Gasteiger partial charge in [0.2, 0.25) is 0 Å². The first-order valence-electron chi connectivity index (χ1n) is 6.89. The lowest BCUT2D eigenvalue weighted by Gasteiger charge is -2.16. The molecule has 7 heteroatoms. The highest BCUT2D eigenvalue weighted by atomic mass is 35.5. The Morgan fingerprint density at radius 3 is 2.82 bits per heavy atom. The number of carbonyl (C=O) groups excluding carboxylic acids is 1. The Morgan fingerprint density at radius 1 is 1.55 bits per heavy atom. The van der Waals surface area contributed by atoms with Gasteiger partial charge in [-0.25, -0.2) is 0 Å². The van der Waals surface area contributed by atoms with E-state index < -0.39 is 5.91 Å². The molecule has 0 heterocycles. The molecule has 1 aromatic rings. The summed E-state index contributed by atoms with van der Waals surface area (Å²) in [6, 6.07) is 5.77. The molecular weight excluding hydrogens is 306 g/mol. The monoisotopic (exact) mass is 325 g/mol. The second-order valence-electron chi connectivity index (χ2n) is 4.71. The molecule has 0 aliphatic rings. The molecule has 0 aliphatic heterocycles. The van der Waals surface area contributed by atoms with Gasteiger partial charge < -0.3 is 20.5 Å². The van der Waals surface area contributed by atoms with Crippen molar-refractivity contribution in [3.05, 3.63) is 22.7 Å². The molecule has 0 aromatic heterocycles. The molecule has 1 rings (SSSR count). The Balaban J connectivity index is 2.84. The maximum absolute atomic E-state index is 10.8. The fourth-order valence-electron chi connectivity index (χ4n) is 1.89. The third-order valence-corrected chi connectivity index (χ3v) is 3.35. The minimum absolute atomic E-state index is 0.126. The number of benzene rings is 1. The lowest BCUT2D eigenvalue weighted by molar-refractivity contribution is -0.119. The average molecular weight is 326 g/mol. The number of primary amides is 1. The van der Waals surface area contributed by atoms with Gasteiger partial charge in [0.15, 0.2) is 18.1 Å². The Kier molecular flexibility index (Phi) is 7.50. The van der Waals surface area contributed by atoms with E-state index in [4.69, 9.17) is 32.1 Å². The quantitative estimate of drug-likeness (QED) is 0.723. The lowest BCUT2D eigenvalue weighted by atomic mass is 10.1. The summed E-state index contributed by atoms with van der Waals surface area (Å²) in [4.78, 5) is 10.8. The number of methoxy groups -OCH3 is 1. The number of halogens is 1. The van der Waals surface area contributed by atoms with Crippen LogP contribution in [0, 0.1) is 11.3 Å². The van der Waals surface area contributed by atoms with Crippen molar-refractivity contribution in [2.45, 2.75) is 32.4 Å². The van der Waals surface area contributed by atoms with E-state index >= 15 is 0 Å². The zero-order valence-electron chi connectivity index (χ0n) is 12.7. The van der Waals surface area contributed by atoms with Crippen LogP contribution >= 0.6 is 11.6 Å². The standard InChI is InChI=1S/C15H20ClN3O3/c1-3-11(4-5-17)19-8-10-6-12(16)15(13(7-10)21-2)22-9-14(18)20/h6-7,11,19H,3-4,8-9H2,1-2H3,(H2,18,20). The van der Waals surface area contributed by atoms with Crippen LogP contribution in [0.4, 0.5) is 0 Å². The van der Waals surface area contributed by atoms with Crippen molar-refractivity contribution in [2.75, 3.05) is 13.7 Å². The first kappa shape index (κ1) is 18.1. The first-order chi connectivity index (χ1) is 10.5.